The first-order valence-electron chi connectivity index (χ1n) is 8.37. The van der Waals surface area contributed by atoms with Crippen molar-refractivity contribution in [2.75, 3.05) is 19.5 Å². The van der Waals surface area contributed by atoms with Crippen LogP contribution in [0.15, 0.2) is 11.5 Å². The number of amides is 1. The van der Waals surface area contributed by atoms with E-state index in [1.165, 1.54) is 0 Å². The first-order chi connectivity index (χ1) is 11.2. The summed E-state index contributed by atoms with van der Waals surface area (Å²) in [5.74, 6) is 0.582. The average molecular weight is 364 g/mol. The SMILES string of the molecule is CCOC(CCCCS(=O)/C=C\[C@@H](C)NC(=O)OC(C)(C)C)OC. The van der Waals surface area contributed by atoms with Crippen LogP contribution in [0.2, 0.25) is 0 Å². The van der Waals surface area contributed by atoms with Crippen molar-refractivity contribution in [3.8, 4) is 0 Å². The van der Waals surface area contributed by atoms with Crippen LogP contribution < -0.4 is 5.32 Å². The number of carbonyl (C=O) groups is 1. The van der Waals surface area contributed by atoms with E-state index >= 15 is 0 Å². The number of hydrogen-bond acceptors (Lipinski definition) is 5. The molecule has 0 heterocycles. The number of unbranched alkanes of at least 4 members (excludes halogenated alkanes) is 1. The molecule has 0 aromatic rings. The van der Waals surface area contributed by atoms with Gasteiger partial charge < -0.3 is 19.5 Å². The molecule has 0 aromatic carbocycles. The molecule has 0 rings (SSSR count). The smallest absolute Gasteiger partial charge is 0.408 e. The zero-order chi connectivity index (χ0) is 18.6. The molecule has 24 heavy (non-hydrogen) atoms. The molecule has 0 aromatic heterocycles. The lowest BCUT2D eigenvalue weighted by molar-refractivity contribution is -0.124. The molecule has 0 saturated carbocycles. The van der Waals surface area contributed by atoms with Gasteiger partial charge in [0, 0.05) is 41.7 Å². The molecule has 3 atom stereocenters. The van der Waals surface area contributed by atoms with Gasteiger partial charge in [-0.05, 0) is 53.9 Å². The van der Waals surface area contributed by atoms with E-state index in [9.17, 15) is 9.00 Å². The van der Waals surface area contributed by atoms with Gasteiger partial charge in [0.2, 0.25) is 0 Å². The zero-order valence-corrected chi connectivity index (χ0v) is 16.6. The molecule has 6 nitrogen and oxygen atoms in total. The maximum atomic E-state index is 11.9. The molecule has 1 amide bonds. The van der Waals surface area contributed by atoms with Gasteiger partial charge in [-0.15, -0.1) is 0 Å². The highest BCUT2D eigenvalue weighted by molar-refractivity contribution is 7.87. The second-order valence-corrected chi connectivity index (χ2v) is 7.91. The molecule has 0 bridgehead atoms. The molecule has 0 saturated heterocycles. The van der Waals surface area contributed by atoms with E-state index in [1.54, 1.807) is 18.6 Å². The average Bonchev–Trinajstić information content (AvgIpc) is 2.46. The lowest BCUT2D eigenvalue weighted by Gasteiger charge is -2.20. The molecule has 0 spiro atoms. The second kappa shape index (κ2) is 12.4. The third-order valence-corrected chi connectivity index (χ3v) is 4.07. The summed E-state index contributed by atoms with van der Waals surface area (Å²) in [6.07, 6.45) is 3.57. The Bertz CT molecular complexity index is 406. The Kier molecular flexibility index (Phi) is 12.0. The summed E-state index contributed by atoms with van der Waals surface area (Å²) in [5, 5.41) is 4.30. The number of carbonyl (C=O) groups excluding carboxylic acids is 1. The minimum atomic E-state index is -1.05. The summed E-state index contributed by atoms with van der Waals surface area (Å²) in [4.78, 5) is 11.6. The topological polar surface area (TPSA) is 73.9 Å². The zero-order valence-electron chi connectivity index (χ0n) is 15.8. The van der Waals surface area contributed by atoms with Gasteiger partial charge in [-0.2, -0.15) is 0 Å². The Labute approximate surface area is 148 Å². The van der Waals surface area contributed by atoms with Gasteiger partial charge in [0.05, 0.1) is 0 Å². The summed E-state index contributed by atoms with van der Waals surface area (Å²) in [7, 11) is 0.576. The number of hydrogen-bond donors (Lipinski definition) is 1. The van der Waals surface area contributed by atoms with Crippen molar-refractivity contribution < 1.29 is 23.2 Å². The molecule has 1 N–H and O–H groups in total. The Hall–Kier alpha value is -0.920. The number of methoxy groups -OCH3 is 1. The van der Waals surface area contributed by atoms with Crippen LogP contribution in [0.25, 0.3) is 0 Å². The van der Waals surface area contributed by atoms with Crippen LogP contribution in [-0.4, -0.2) is 47.7 Å². The molecule has 2 unspecified atom stereocenters. The molecule has 0 aliphatic heterocycles. The van der Waals surface area contributed by atoms with Gasteiger partial charge in [-0.1, -0.05) is 6.08 Å². The Morgan fingerprint density at radius 1 is 1.29 bits per heavy atom. The van der Waals surface area contributed by atoms with Gasteiger partial charge in [0.15, 0.2) is 6.29 Å². The van der Waals surface area contributed by atoms with E-state index in [2.05, 4.69) is 5.32 Å². The highest BCUT2D eigenvalue weighted by Crippen LogP contribution is 2.08. The van der Waals surface area contributed by atoms with Crippen molar-refractivity contribution in [2.45, 2.75) is 71.8 Å². The molecule has 7 heteroatoms. The number of alkyl carbamates (subject to hydrolysis) is 1. The summed E-state index contributed by atoms with van der Waals surface area (Å²) in [6.45, 7) is 9.78. The monoisotopic (exact) mass is 363 g/mol. The first-order valence-corrected chi connectivity index (χ1v) is 9.75. The highest BCUT2D eigenvalue weighted by Gasteiger charge is 2.16. The van der Waals surface area contributed by atoms with Crippen molar-refractivity contribution in [1.82, 2.24) is 5.32 Å². The molecule has 0 fully saturated rings. The molecule has 0 radical (unpaired) electrons. The highest BCUT2D eigenvalue weighted by atomic mass is 32.2. The Morgan fingerprint density at radius 2 is 1.96 bits per heavy atom. The van der Waals surface area contributed by atoms with E-state index in [0.717, 1.165) is 19.3 Å². The van der Waals surface area contributed by atoms with Gasteiger partial charge in [-0.25, -0.2) is 4.79 Å². The molecule has 142 valence electrons. The minimum absolute atomic E-state index is 0.183. The van der Waals surface area contributed by atoms with Crippen LogP contribution in [0.3, 0.4) is 0 Å². The molecule has 0 aliphatic rings. The summed E-state index contributed by atoms with van der Waals surface area (Å²) >= 11 is 0. The van der Waals surface area contributed by atoms with Crippen LogP contribution in [0, 0.1) is 0 Å². The summed E-state index contributed by atoms with van der Waals surface area (Å²) < 4.78 is 27.7. The quantitative estimate of drug-likeness (QED) is 0.450. The maximum Gasteiger partial charge on any atom is 0.408 e. The minimum Gasteiger partial charge on any atom is -0.444 e. The fourth-order valence-electron chi connectivity index (χ4n) is 1.83. The van der Waals surface area contributed by atoms with Crippen molar-refractivity contribution >= 4 is 16.9 Å². The number of rotatable bonds is 11. The van der Waals surface area contributed by atoms with E-state index < -0.39 is 22.5 Å². The van der Waals surface area contributed by atoms with E-state index in [1.807, 2.05) is 34.6 Å². The lowest BCUT2D eigenvalue weighted by Crippen LogP contribution is -2.36. The predicted octanol–water partition coefficient (Wildman–Crippen LogP) is 3.34. The molecule has 0 aliphatic carbocycles. The van der Waals surface area contributed by atoms with Gasteiger partial charge in [-0.3, -0.25) is 4.21 Å². The number of ether oxygens (including phenoxy) is 3. The third-order valence-electron chi connectivity index (χ3n) is 2.91. The lowest BCUT2D eigenvalue weighted by atomic mass is 10.2. The van der Waals surface area contributed by atoms with Gasteiger partial charge in [0.25, 0.3) is 0 Å². The van der Waals surface area contributed by atoms with Gasteiger partial charge >= 0.3 is 6.09 Å². The maximum absolute atomic E-state index is 11.9. The Morgan fingerprint density at radius 3 is 2.50 bits per heavy atom. The molecular weight excluding hydrogens is 330 g/mol. The van der Waals surface area contributed by atoms with Gasteiger partial charge in [0.1, 0.15) is 5.60 Å². The van der Waals surface area contributed by atoms with E-state index in [4.69, 9.17) is 14.2 Å². The Balaban J connectivity index is 3.97. The van der Waals surface area contributed by atoms with Crippen molar-refractivity contribution in [3.05, 3.63) is 11.5 Å². The second-order valence-electron chi connectivity index (χ2n) is 6.46. The normalized spacial score (nSPS) is 15.9. The van der Waals surface area contributed by atoms with E-state index in [0.29, 0.717) is 12.4 Å². The predicted molar refractivity (Wildman–Crippen MR) is 97.3 cm³/mol. The first kappa shape index (κ1) is 23.1. The van der Waals surface area contributed by atoms with Crippen LogP contribution in [0.5, 0.6) is 0 Å². The van der Waals surface area contributed by atoms with Crippen LogP contribution in [0.4, 0.5) is 4.79 Å². The standard InChI is InChI=1S/C17H33NO5S/c1-7-22-15(21-6)10-8-9-12-24(20)13-11-14(2)18-16(19)23-17(3,4)5/h11,13-15H,7-10,12H2,1-6H3,(H,18,19)/b13-11-/t14-,15?,24?/m1/s1. The van der Waals surface area contributed by atoms with Crippen LogP contribution >= 0.6 is 0 Å². The fourth-order valence-corrected chi connectivity index (χ4v) is 2.86. The van der Waals surface area contributed by atoms with Crippen LogP contribution in [-0.2, 0) is 25.0 Å². The largest absolute Gasteiger partial charge is 0.444 e. The summed E-state index contributed by atoms with van der Waals surface area (Å²) in [5.41, 5.74) is -0.530. The number of nitrogens with one attached hydrogen (secondary N) is 1. The fraction of sp³-hybridized carbons (Fsp3) is 0.824. The van der Waals surface area contributed by atoms with E-state index in [-0.39, 0.29) is 12.3 Å². The van der Waals surface area contributed by atoms with Crippen molar-refractivity contribution in [3.63, 3.8) is 0 Å². The van der Waals surface area contributed by atoms with Crippen molar-refractivity contribution in [2.24, 2.45) is 0 Å². The third kappa shape index (κ3) is 13.5. The van der Waals surface area contributed by atoms with Crippen LogP contribution in [0.1, 0.15) is 53.9 Å². The van der Waals surface area contributed by atoms with Crippen molar-refractivity contribution in [1.29, 1.82) is 0 Å². The summed E-state index contributed by atoms with van der Waals surface area (Å²) in [6, 6.07) is -0.236. The molecular formula is C17H33NO5S.